The maximum atomic E-state index is 13.2. The van der Waals surface area contributed by atoms with Crippen molar-refractivity contribution in [1.29, 1.82) is 0 Å². The summed E-state index contributed by atoms with van der Waals surface area (Å²) in [5.74, 6) is 1.69. The van der Waals surface area contributed by atoms with Gasteiger partial charge in [0.05, 0.1) is 25.2 Å². The molecule has 2 fully saturated rings. The Balaban J connectivity index is 1.33. The van der Waals surface area contributed by atoms with Crippen LogP contribution < -0.4 is 4.74 Å². The summed E-state index contributed by atoms with van der Waals surface area (Å²) in [5, 5.41) is 0. The van der Waals surface area contributed by atoms with Crippen LogP contribution in [0, 0.1) is 11.3 Å². The molecule has 2 unspecified atom stereocenters. The van der Waals surface area contributed by atoms with E-state index in [9.17, 15) is 4.79 Å². The molecule has 0 bridgehead atoms. The van der Waals surface area contributed by atoms with Crippen LogP contribution in [0.2, 0.25) is 0 Å². The van der Waals surface area contributed by atoms with Gasteiger partial charge in [-0.05, 0) is 55.2 Å². The fourth-order valence-corrected chi connectivity index (χ4v) is 5.54. The number of benzene rings is 1. The number of amides is 1. The number of aromatic nitrogens is 2. The molecule has 4 rings (SSSR count). The van der Waals surface area contributed by atoms with Gasteiger partial charge in [0.15, 0.2) is 0 Å². The lowest BCUT2D eigenvalue weighted by molar-refractivity contribution is -0.161. The lowest BCUT2D eigenvalue weighted by Gasteiger charge is -2.37. The Morgan fingerprint density at radius 2 is 1.88 bits per heavy atom. The Labute approximate surface area is 204 Å². The van der Waals surface area contributed by atoms with Gasteiger partial charge >= 0.3 is 0 Å². The second kappa shape index (κ2) is 10.9. The molecule has 0 spiro atoms. The molecule has 1 saturated heterocycles. The van der Waals surface area contributed by atoms with Crippen LogP contribution in [-0.2, 0) is 29.0 Å². The predicted octanol–water partition coefficient (Wildman–Crippen LogP) is 5.25. The zero-order valence-corrected chi connectivity index (χ0v) is 21.3. The molecule has 2 heterocycles. The zero-order chi connectivity index (χ0) is 24.1. The van der Waals surface area contributed by atoms with Crippen molar-refractivity contribution in [2.24, 2.45) is 11.3 Å². The van der Waals surface area contributed by atoms with Gasteiger partial charge < -0.3 is 18.9 Å². The van der Waals surface area contributed by atoms with Crippen LogP contribution >= 0.6 is 0 Å². The zero-order valence-electron chi connectivity index (χ0n) is 21.3. The topological polar surface area (TPSA) is 56.6 Å². The van der Waals surface area contributed by atoms with Crippen LogP contribution in [0.3, 0.4) is 0 Å². The number of morpholine rings is 1. The number of hydrogen-bond donors (Lipinski definition) is 0. The third kappa shape index (κ3) is 6.21. The summed E-state index contributed by atoms with van der Waals surface area (Å²) >= 11 is 0. The van der Waals surface area contributed by atoms with Crippen LogP contribution in [0.1, 0.15) is 70.6 Å². The first-order valence-corrected chi connectivity index (χ1v) is 12.9. The molecular formula is C28H41N3O3. The Morgan fingerprint density at radius 3 is 2.59 bits per heavy atom. The normalized spacial score (nSPS) is 22.2. The van der Waals surface area contributed by atoms with Gasteiger partial charge in [0.1, 0.15) is 11.9 Å². The fourth-order valence-electron chi connectivity index (χ4n) is 5.54. The Morgan fingerprint density at radius 1 is 1.15 bits per heavy atom. The van der Waals surface area contributed by atoms with Crippen molar-refractivity contribution in [3.63, 3.8) is 0 Å². The summed E-state index contributed by atoms with van der Waals surface area (Å²) in [5.41, 5.74) is 2.37. The maximum absolute atomic E-state index is 13.2. The van der Waals surface area contributed by atoms with E-state index in [1.165, 1.54) is 32.1 Å². The number of carbonyl (C=O) groups is 1. The number of aryl methyl sites for hydroxylation is 1. The molecule has 1 aliphatic heterocycles. The van der Waals surface area contributed by atoms with Crippen molar-refractivity contribution in [2.45, 2.75) is 91.0 Å². The highest BCUT2D eigenvalue weighted by molar-refractivity contribution is 5.82. The second-order valence-corrected chi connectivity index (χ2v) is 10.9. The van der Waals surface area contributed by atoms with Crippen LogP contribution in [0.5, 0.6) is 5.75 Å². The van der Waals surface area contributed by atoms with Crippen LogP contribution in [0.4, 0.5) is 0 Å². The van der Waals surface area contributed by atoms with E-state index in [1.807, 2.05) is 42.4 Å². The average molecular weight is 468 g/mol. The molecule has 34 heavy (non-hydrogen) atoms. The van der Waals surface area contributed by atoms with E-state index in [0.29, 0.717) is 24.9 Å². The van der Waals surface area contributed by atoms with Crippen molar-refractivity contribution in [3.05, 3.63) is 48.0 Å². The highest BCUT2D eigenvalue weighted by Gasteiger charge is 2.34. The minimum Gasteiger partial charge on any atom is -0.497 e. The van der Waals surface area contributed by atoms with Gasteiger partial charge in [0, 0.05) is 32.3 Å². The fraction of sp³-hybridized carbons (Fsp3) is 0.643. The number of rotatable bonds is 9. The maximum Gasteiger partial charge on any atom is 0.252 e. The van der Waals surface area contributed by atoms with E-state index in [2.05, 4.69) is 29.6 Å². The molecule has 6 nitrogen and oxygen atoms in total. The van der Waals surface area contributed by atoms with E-state index in [4.69, 9.17) is 9.47 Å². The van der Waals surface area contributed by atoms with Gasteiger partial charge in [-0.2, -0.15) is 0 Å². The van der Waals surface area contributed by atoms with Crippen molar-refractivity contribution in [2.75, 3.05) is 13.7 Å². The summed E-state index contributed by atoms with van der Waals surface area (Å²) in [4.78, 5) is 19.7. The first-order valence-electron chi connectivity index (χ1n) is 12.9. The van der Waals surface area contributed by atoms with Crippen molar-refractivity contribution in [3.8, 4) is 5.75 Å². The summed E-state index contributed by atoms with van der Waals surface area (Å²) in [7, 11) is 1.66. The smallest absolute Gasteiger partial charge is 0.252 e. The number of ether oxygens (including phenoxy) is 2. The molecule has 1 amide bonds. The van der Waals surface area contributed by atoms with Gasteiger partial charge in [-0.15, -0.1) is 0 Å². The third-order valence-corrected chi connectivity index (χ3v) is 7.80. The molecule has 0 radical (unpaired) electrons. The third-order valence-electron chi connectivity index (χ3n) is 7.80. The van der Waals surface area contributed by atoms with E-state index >= 15 is 0 Å². The molecule has 0 N–H and O–H groups in total. The number of nitrogens with zero attached hydrogens (tertiary/aromatic N) is 3. The van der Waals surface area contributed by atoms with E-state index in [0.717, 1.165) is 35.9 Å². The first-order chi connectivity index (χ1) is 16.3. The summed E-state index contributed by atoms with van der Waals surface area (Å²) < 4.78 is 13.5. The molecule has 2 aliphatic rings. The molecule has 1 saturated carbocycles. The molecule has 6 heteroatoms. The average Bonchev–Trinajstić information content (AvgIpc) is 3.29. The lowest BCUT2D eigenvalue weighted by atomic mass is 9.69. The highest BCUT2D eigenvalue weighted by Crippen LogP contribution is 2.40. The quantitative estimate of drug-likeness (QED) is 0.506. The summed E-state index contributed by atoms with van der Waals surface area (Å²) in [6, 6.07) is 7.89. The minimum absolute atomic E-state index is 0.000624. The number of imidazole rings is 1. The van der Waals surface area contributed by atoms with Gasteiger partial charge in [0.25, 0.3) is 5.91 Å². The number of hydrogen-bond acceptors (Lipinski definition) is 4. The van der Waals surface area contributed by atoms with Crippen LogP contribution in [-0.4, -0.2) is 46.2 Å². The van der Waals surface area contributed by atoms with Gasteiger partial charge in [-0.25, -0.2) is 4.98 Å². The van der Waals surface area contributed by atoms with E-state index in [1.54, 1.807) is 7.11 Å². The molecule has 1 aromatic carbocycles. The van der Waals surface area contributed by atoms with Crippen molar-refractivity contribution in [1.82, 2.24) is 14.5 Å². The van der Waals surface area contributed by atoms with Crippen LogP contribution in [0.25, 0.3) is 0 Å². The van der Waals surface area contributed by atoms with Crippen molar-refractivity contribution >= 4 is 5.91 Å². The molecule has 1 aliphatic carbocycles. The number of methoxy groups -OCH3 is 1. The van der Waals surface area contributed by atoms with Crippen molar-refractivity contribution < 1.29 is 14.3 Å². The van der Waals surface area contributed by atoms with Gasteiger partial charge in [-0.1, -0.05) is 45.2 Å². The molecule has 186 valence electrons. The Hall–Kier alpha value is -2.34. The van der Waals surface area contributed by atoms with Gasteiger partial charge in [0.2, 0.25) is 0 Å². The first kappa shape index (κ1) is 24.8. The summed E-state index contributed by atoms with van der Waals surface area (Å²) in [6.45, 7) is 9.04. The minimum atomic E-state index is -0.482. The molecular weight excluding hydrogens is 426 g/mol. The second-order valence-electron chi connectivity index (χ2n) is 10.9. The lowest BCUT2D eigenvalue weighted by Crippen LogP contribution is -2.51. The molecule has 2 atom stereocenters. The van der Waals surface area contributed by atoms with E-state index in [-0.39, 0.29) is 12.0 Å². The highest BCUT2D eigenvalue weighted by atomic mass is 16.5. The predicted molar refractivity (Wildman–Crippen MR) is 134 cm³/mol. The Kier molecular flexibility index (Phi) is 7.97. The largest absolute Gasteiger partial charge is 0.497 e. The number of carbonyl (C=O) groups excluding carboxylic acids is 1. The van der Waals surface area contributed by atoms with Gasteiger partial charge in [-0.3, -0.25) is 4.79 Å². The molecule has 1 aromatic heterocycles. The SMILES string of the molecule is COc1ccc(CN2CC(C)OC(Cc3cn(CCC(C)(C)C4CCCCC4)cn3)C2=O)cc1. The summed E-state index contributed by atoms with van der Waals surface area (Å²) in [6.07, 6.45) is 12.1. The van der Waals surface area contributed by atoms with E-state index < -0.39 is 6.10 Å². The Bertz CT molecular complexity index is 931. The van der Waals surface area contributed by atoms with Crippen LogP contribution in [0.15, 0.2) is 36.8 Å². The standard InChI is InChI=1S/C28H41N3O3/c1-21-17-31(18-22-10-12-25(33-4)13-11-22)27(32)26(34-21)16-24-19-30(20-29-24)15-14-28(2,3)23-8-6-5-7-9-23/h10-13,19-21,23,26H,5-9,14-18H2,1-4H3. The monoisotopic (exact) mass is 467 g/mol. The molecule has 2 aromatic rings.